The molecule has 3 heterocycles. The Kier molecular flexibility index (Phi) is 6.13. The van der Waals surface area contributed by atoms with Crippen LogP contribution in [-0.4, -0.2) is 36.6 Å². The molecule has 0 amide bonds. The van der Waals surface area contributed by atoms with E-state index >= 15 is 0 Å². The summed E-state index contributed by atoms with van der Waals surface area (Å²) in [4.78, 5) is 2.60. The Morgan fingerprint density at radius 1 is 0.727 bits per heavy atom. The molecule has 0 aromatic heterocycles. The summed E-state index contributed by atoms with van der Waals surface area (Å²) < 4.78 is 5.98. The number of hydrogen-bond donors (Lipinski definition) is 0. The van der Waals surface area contributed by atoms with Crippen molar-refractivity contribution in [1.82, 2.24) is 0 Å². The number of nitrogens with zero attached hydrogens (tertiary/aromatic N) is 2. The summed E-state index contributed by atoms with van der Waals surface area (Å²) in [7, 11) is 0. The van der Waals surface area contributed by atoms with E-state index in [4.69, 9.17) is 0 Å². The van der Waals surface area contributed by atoms with Crippen LogP contribution in [0.25, 0.3) is 0 Å². The van der Waals surface area contributed by atoms with Gasteiger partial charge in [0.25, 0.3) is 0 Å². The van der Waals surface area contributed by atoms with Gasteiger partial charge in [-0.25, -0.2) is 0 Å². The molecular weight excluding hydrogens is 665 g/mol. The number of anilines is 2. The van der Waals surface area contributed by atoms with E-state index < -0.39 is 0 Å². The molecule has 3 aliphatic heterocycles. The quantitative estimate of drug-likeness (QED) is 0.257. The van der Waals surface area contributed by atoms with Gasteiger partial charge in [-0.05, 0) is 0 Å². The van der Waals surface area contributed by atoms with Crippen LogP contribution in [0.15, 0.2) is 119 Å². The Morgan fingerprint density at radius 3 is 2.41 bits per heavy atom. The van der Waals surface area contributed by atoms with Gasteiger partial charge in [0.05, 0.1) is 0 Å². The molecule has 5 aromatic rings. The maximum absolute atomic E-state index is 10.2. The molecule has 9 rings (SSSR count). The number of hydrogen-bond acceptors (Lipinski definition) is 2. The molecular formula is C39H29BN2Se2. The fraction of sp³-hybridized carbons (Fsp3) is 0.154. The standard InChI is InChI=1S/C39H29BN2Se2/c1-39(26-11-3-2-4-12-26)28-13-5-6-14-30(28)40-31-20-19-27(23-36(31)44-37-22-25(24-41)21-29(39)38(37)40)42-32-15-7-9-17-34(32)43-35-18-10-8-16-33(35)42/h2-7,9,11-15,17,19-23H,8,10,16,18H2,1H3. The number of allylic oxidation sites excluding steroid dienone is 2. The summed E-state index contributed by atoms with van der Waals surface area (Å²) in [6.45, 7) is 2.53. The molecule has 0 fully saturated rings. The second-order valence-corrected chi connectivity index (χ2v) is 17.0. The average Bonchev–Trinajstić information content (AvgIpc) is 3.08. The van der Waals surface area contributed by atoms with Crippen LogP contribution in [0.2, 0.25) is 0 Å². The molecule has 1 atom stereocenters. The van der Waals surface area contributed by atoms with Gasteiger partial charge in [0.15, 0.2) is 0 Å². The van der Waals surface area contributed by atoms with Crippen molar-refractivity contribution in [1.29, 1.82) is 5.26 Å². The zero-order chi connectivity index (χ0) is 29.4. The van der Waals surface area contributed by atoms with Gasteiger partial charge in [0.1, 0.15) is 0 Å². The van der Waals surface area contributed by atoms with Crippen LogP contribution in [0.1, 0.15) is 54.9 Å². The zero-order valence-electron chi connectivity index (χ0n) is 24.5. The Morgan fingerprint density at radius 2 is 1.52 bits per heavy atom. The van der Waals surface area contributed by atoms with Crippen LogP contribution >= 0.6 is 0 Å². The van der Waals surface area contributed by atoms with Crippen LogP contribution < -0.4 is 34.7 Å². The maximum atomic E-state index is 10.2. The third-order valence-electron chi connectivity index (χ3n) is 10.0. The van der Waals surface area contributed by atoms with E-state index in [1.54, 1.807) is 10.2 Å². The molecule has 2 nitrogen and oxygen atoms in total. The van der Waals surface area contributed by atoms with Crippen LogP contribution in [0.3, 0.4) is 0 Å². The first-order chi connectivity index (χ1) is 21.6. The Balaban J connectivity index is 1.26. The summed E-state index contributed by atoms with van der Waals surface area (Å²) in [6, 6.07) is 43.3. The molecule has 1 unspecified atom stereocenters. The molecule has 5 aromatic carbocycles. The minimum absolute atomic E-state index is 0.0890. The fourth-order valence-electron chi connectivity index (χ4n) is 8.01. The third-order valence-corrected chi connectivity index (χ3v) is 15.0. The monoisotopic (exact) mass is 696 g/mol. The van der Waals surface area contributed by atoms with Crippen molar-refractivity contribution in [3.8, 4) is 6.07 Å². The van der Waals surface area contributed by atoms with Crippen molar-refractivity contribution < 1.29 is 0 Å². The molecule has 4 aliphatic rings. The summed E-state index contributed by atoms with van der Waals surface area (Å²) in [5.41, 5.74) is 12.8. The minimum atomic E-state index is -0.331. The van der Waals surface area contributed by atoms with Gasteiger partial charge in [-0.2, -0.15) is 0 Å². The number of para-hydroxylation sites is 1. The first-order valence-electron chi connectivity index (χ1n) is 15.5. The summed E-state index contributed by atoms with van der Waals surface area (Å²) in [5, 5.41) is 10.2. The van der Waals surface area contributed by atoms with Crippen molar-refractivity contribution in [3.05, 3.63) is 142 Å². The van der Waals surface area contributed by atoms with Crippen molar-refractivity contribution in [2.24, 2.45) is 0 Å². The van der Waals surface area contributed by atoms with E-state index in [1.165, 1.54) is 83.5 Å². The Hall–Kier alpha value is -3.77. The van der Waals surface area contributed by atoms with E-state index in [0.717, 1.165) is 5.56 Å². The van der Waals surface area contributed by atoms with E-state index in [9.17, 15) is 5.26 Å². The van der Waals surface area contributed by atoms with Crippen molar-refractivity contribution in [2.45, 2.75) is 38.0 Å². The molecule has 0 saturated heterocycles. The van der Waals surface area contributed by atoms with Crippen LogP contribution in [0, 0.1) is 11.3 Å². The van der Waals surface area contributed by atoms with Gasteiger partial charge in [-0.3, -0.25) is 0 Å². The van der Waals surface area contributed by atoms with E-state index in [0.29, 0.717) is 15.0 Å². The van der Waals surface area contributed by atoms with Gasteiger partial charge in [0.2, 0.25) is 0 Å². The molecule has 0 N–H and O–H groups in total. The first kappa shape index (κ1) is 26.6. The second-order valence-electron chi connectivity index (χ2n) is 12.4. The molecule has 210 valence electrons. The number of fused-ring (bicyclic) bond motifs is 5. The molecule has 0 saturated carbocycles. The van der Waals surface area contributed by atoms with Crippen LogP contribution in [0.5, 0.6) is 0 Å². The molecule has 0 radical (unpaired) electrons. The molecule has 0 spiro atoms. The first-order valence-corrected chi connectivity index (χ1v) is 18.9. The second kappa shape index (κ2) is 10.1. The van der Waals surface area contributed by atoms with E-state index in [2.05, 4.69) is 127 Å². The summed E-state index contributed by atoms with van der Waals surface area (Å²) in [6.07, 6.45) is 4.99. The molecule has 1 aliphatic carbocycles. The van der Waals surface area contributed by atoms with E-state index in [-0.39, 0.29) is 27.1 Å². The van der Waals surface area contributed by atoms with Gasteiger partial charge < -0.3 is 0 Å². The number of benzene rings is 5. The van der Waals surface area contributed by atoms with Crippen LogP contribution in [0.4, 0.5) is 11.4 Å². The van der Waals surface area contributed by atoms with Gasteiger partial charge >= 0.3 is 274 Å². The van der Waals surface area contributed by atoms with Crippen molar-refractivity contribution in [2.75, 3.05) is 4.90 Å². The molecule has 44 heavy (non-hydrogen) atoms. The molecule has 0 bridgehead atoms. The predicted molar refractivity (Wildman–Crippen MR) is 185 cm³/mol. The van der Waals surface area contributed by atoms with Gasteiger partial charge in [0, 0.05) is 0 Å². The zero-order valence-corrected chi connectivity index (χ0v) is 27.9. The van der Waals surface area contributed by atoms with Gasteiger partial charge in [-0.1, -0.05) is 0 Å². The summed E-state index contributed by atoms with van der Waals surface area (Å²) >= 11 is 0.507. The molecule has 5 heteroatoms. The predicted octanol–water partition coefficient (Wildman–Crippen LogP) is 3.98. The van der Waals surface area contributed by atoms with Crippen LogP contribution in [-0.2, 0) is 5.41 Å². The Bertz CT molecular complexity index is 2080. The SMILES string of the molecule is CC1(c2ccccc2)c2ccccc2B2c3ccc(N4C5=C(CCCC5)[Se]c5ccccc54)cc3[Se]c3cc(C#N)cc1c32. The van der Waals surface area contributed by atoms with Gasteiger partial charge in [-0.15, -0.1) is 0 Å². The summed E-state index contributed by atoms with van der Waals surface area (Å²) in [5.74, 6) is 0. The fourth-order valence-corrected chi connectivity index (χ4v) is 13.2. The van der Waals surface area contributed by atoms with E-state index in [1.807, 2.05) is 0 Å². The number of rotatable bonds is 2. The normalized spacial score (nSPS) is 19.3. The van der Waals surface area contributed by atoms with Crippen molar-refractivity contribution >= 4 is 77.8 Å². The third kappa shape index (κ3) is 3.79. The van der Waals surface area contributed by atoms with Crippen molar-refractivity contribution in [3.63, 3.8) is 0 Å². The number of nitriles is 1. The average molecular weight is 694 g/mol. The Labute approximate surface area is 272 Å². The topological polar surface area (TPSA) is 27.0 Å².